The number of hydrogen-bond acceptors (Lipinski definition) is 6. The zero-order chi connectivity index (χ0) is 17.6. The van der Waals surface area contributed by atoms with E-state index in [0.717, 1.165) is 5.56 Å². The van der Waals surface area contributed by atoms with Crippen molar-refractivity contribution in [1.29, 1.82) is 0 Å². The zero-order valence-electron chi connectivity index (χ0n) is 13.4. The zero-order valence-corrected chi connectivity index (χ0v) is 14.2. The average molecular weight is 359 g/mol. The lowest BCUT2D eigenvalue weighted by atomic mass is 10.2. The third kappa shape index (κ3) is 4.33. The quantitative estimate of drug-likeness (QED) is 0.726. The van der Waals surface area contributed by atoms with Crippen LogP contribution in [0.3, 0.4) is 0 Å². The molecule has 3 rings (SSSR count). The van der Waals surface area contributed by atoms with Crippen molar-refractivity contribution in [3.05, 3.63) is 53.6 Å². The Morgan fingerprint density at radius 2 is 2.24 bits per heavy atom. The Bertz CT molecular complexity index is 867. The number of anilines is 1. The van der Waals surface area contributed by atoms with Crippen LogP contribution in [0.15, 0.2) is 47.2 Å². The molecule has 3 aromatic rings. The van der Waals surface area contributed by atoms with E-state index in [1.807, 2.05) is 6.07 Å². The predicted molar refractivity (Wildman–Crippen MR) is 92.5 cm³/mol. The monoisotopic (exact) mass is 358 g/mol. The molecule has 0 aliphatic heterocycles. The molecule has 0 spiro atoms. The van der Waals surface area contributed by atoms with Gasteiger partial charge in [0.1, 0.15) is 5.75 Å². The van der Waals surface area contributed by atoms with Crippen molar-refractivity contribution in [3.8, 4) is 17.1 Å². The van der Waals surface area contributed by atoms with Gasteiger partial charge in [0.2, 0.25) is 17.6 Å². The lowest BCUT2D eigenvalue weighted by Gasteiger charge is -2.08. The molecule has 2 aromatic heterocycles. The second kappa shape index (κ2) is 7.76. The predicted octanol–water partition coefficient (Wildman–Crippen LogP) is 3.36. The highest BCUT2D eigenvalue weighted by Crippen LogP contribution is 2.26. The number of pyridine rings is 1. The van der Waals surface area contributed by atoms with Gasteiger partial charge < -0.3 is 14.6 Å². The number of aryl methyl sites for hydroxylation is 1. The molecule has 0 aliphatic rings. The summed E-state index contributed by atoms with van der Waals surface area (Å²) in [5, 5.41) is 7.04. The fourth-order valence-electron chi connectivity index (χ4n) is 2.13. The van der Waals surface area contributed by atoms with E-state index in [9.17, 15) is 4.79 Å². The Kier molecular flexibility index (Phi) is 5.25. The number of aromatic nitrogens is 3. The van der Waals surface area contributed by atoms with Crippen molar-refractivity contribution in [2.24, 2.45) is 0 Å². The molecule has 128 valence electrons. The molecule has 0 saturated carbocycles. The van der Waals surface area contributed by atoms with Gasteiger partial charge in [-0.1, -0.05) is 16.8 Å². The number of amides is 1. The number of halogens is 1. The molecule has 25 heavy (non-hydrogen) atoms. The van der Waals surface area contributed by atoms with Crippen LogP contribution in [0.1, 0.15) is 12.3 Å². The molecule has 1 amide bonds. The standard InChI is InChI=1S/C17H15ClN4O3/c1-24-12-4-5-14(13(18)9-12)20-15(23)6-7-16-21-17(22-25-16)11-3-2-8-19-10-11/h2-5,8-10H,6-7H2,1H3,(H,20,23). The second-order valence-electron chi connectivity index (χ2n) is 5.15. The van der Waals surface area contributed by atoms with E-state index < -0.39 is 0 Å². The van der Waals surface area contributed by atoms with Gasteiger partial charge in [0.25, 0.3) is 0 Å². The fourth-order valence-corrected chi connectivity index (χ4v) is 2.34. The van der Waals surface area contributed by atoms with Crippen molar-refractivity contribution >= 4 is 23.2 Å². The number of ether oxygens (including phenoxy) is 1. The van der Waals surface area contributed by atoms with E-state index >= 15 is 0 Å². The highest BCUT2D eigenvalue weighted by Gasteiger charge is 2.12. The van der Waals surface area contributed by atoms with E-state index in [2.05, 4.69) is 20.4 Å². The minimum absolute atomic E-state index is 0.191. The van der Waals surface area contributed by atoms with Gasteiger partial charge in [-0.15, -0.1) is 0 Å². The molecular weight excluding hydrogens is 344 g/mol. The summed E-state index contributed by atoms with van der Waals surface area (Å²) in [5.74, 6) is 1.25. The minimum Gasteiger partial charge on any atom is -0.497 e. The lowest BCUT2D eigenvalue weighted by molar-refractivity contribution is -0.116. The maximum Gasteiger partial charge on any atom is 0.227 e. The summed E-state index contributed by atoms with van der Waals surface area (Å²) in [6, 6.07) is 8.67. The maximum atomic E-state index is 12.1. The molecule has 0 atom stereocenters. The molecule has 2 heterocycles. The Hall–Kier alpha value is -2.93. The third-order valence-corrected chi connectivity index (χ3v) is 3.72. The maximum absolute atomic E-state index is 12.1. The molecule has 1 N–H and O–H groups in total. The van der Waals surface area contributed by atoms with Crippen LogP contribution in [0.5, 0.6) is 5.75 Å². The minimum atomic E-state index is -0.201. The molecule has 0 bridgehead atoms. The van der Waals surface area contributed by atoms with Crippen molar-refractivity contribution in [2.45, 2.75) is 12.8 Å². The number of carbonyl (C=O) groups is 1. The van der Waals surface area contributed by atoms with Crippen LogP contribution in [0.25, 0.3) is 11.4 Å². The van der Waals surface area contributed by atoms with Gasteiger partial charge in [-0.3, -0.25) is 9.78 Å². The molecule has 0 saturated heterocycles. The average Bonchev–Trinajstić information content (AvgIpc) is 3.11. The first-order chi connectivity index (χ1) is 12.2. The smallest absolute Gasteiger partial charge is 0.227 e. The number of carbonyl (C=O) groups excluding carboxylic acids is 1. The normalized spacial score (nSPS) is 10.5. The van der Waals surface area contributed by atoms with Gasteiger partial charge in [0.05, 0.1) is 17.8 Å². The van der Waals surface area contributed by atoms with Crippen molar-refractivity contribution < 1.29 is 14.1 Å². The number of nitrogens with zero attached hydrogens (tertiary/aromatic N) is 3. The molecule has 0 fully saturated rings. The third-order valence-electron chi connectivity index (χ3n) is 3.40. The Morgan fingerprint density at radius 1 is 1.36 bits per heavy atom. The summed E-state index contributed by atoms with van der Waals surface area (Å²) < 4.78 is 10.2. The number of nitrogens with one attached hydrogen (secondary N) is 1. The summed E-state index contributed by atoms with van der Waals surface area (Å²) >= 11 is 6.10. The van der Waals surface area contributed by atoms with Crippen LogP contribution in [0.2, 0.25) is 5.02 Å². The summed E-state index contributed by atoms with van der Waals surface area (Å²) in [4.78, 5) is 20.3. The van der Waals surface area contributed by atoms with Crippen molar-refractivity contribution in [2.75, 3.05) is 12.4 Å². The first-order valence-electron chi connectivity index (χ1n) is 7.52. The van der Waals surface area contributed by atoms with Gasteiger partial charge in [-0.2, -0.15) is 4.98 Å². The number of benzene rings is 1. The van der Waals surface area contributed by atoms with Crippen molar-refractivity contribution in [1.82, 2.24) is 15.1 Å². The van der Waals surface area contributed by atoms with E-state index in [1.54, 1.807) is 43.8 Å². The van der Waals surface area contributed by atoms with Gasteiger partial charge in [-0.25, -0.2) is 0 Å². The van der Waals surface area contributed by atoms with Crippen LogP contribution in [0.4, 0.5) is 5.69 Å². The molecule has 1 aromatic carbocycles. The van der Waals surface area contributed by atoms with E-state index in [1.165, 1.54) is 0 Å². The molecule has 8 heteroatoms. The Balaban J connectivity index is 1.57. The van der Waals surface area contributed by atoms with Crippen LogP contribution < -0.4 is 10.1 Å². The second-order valence-corrected chi connectivity index (χ2v) is 5.55. The SMILES string of the molecule is COc1ccc(NC(=O)CCc2nc(-c3cccnc3)no2)c(Cl)c1. The largest absolute Gasteiger partial charge is 0.497 e. The summed E-state index contributed by atoms with van der Waals surface area (Å²) in [5.41, 5.74) is 1.28. The molecular formula is C17H15ClN4O3. The molecule has 0 radical (unpaired) electrons. The van der Waals surface area contributed by atoms with Gasteiger partial charge >= 0.3 is 0 Å². The summed E-state index contributed by atoms with van der Waals surface area (Å²) in [6.07, 6.45) is 3.83. The van der Waals surface area contributed by atoms with E-state index in [-0.39, 0.29) is 12.3 Å². The first kappa shape index (κ1) is 16.9. The summed E-state index contributed by atoms with van der Waals surface area (Å²) in [6.45, 7) is 0. The van der Waals surface area contributed by atoms with Crippen LogP contribution in [0, 0.1) is 0 Å². The first-order valence-corrected chi connectivity index (χ1v) is 7.90. The van der Waals surface area contributed by atoms with Crippen molar-refractivity contribution in [3.63, 3.8) is 0 Å². The van der Waals surface area contributed by atoms with Crippen LogP contribution in [-0.2, 0) is 11.2 Å². The van der Waals surface area contributed by atoms with E-state index in [0.29, 0.717) is 34.6 Å². The molecule has 0 aliphatic carbocycles. The van der Waals surface area contributed by atoms with Gasteiger partial charge in [0, 0.05) is 36.9 Å². The highest BCUT2D eigenvalue weighted by molar-refractivity contribution is 6.33. The topological polar surface area (TPSA) is 90.1 Å². The number of rotatable bonds is 6. The van der Waals surface area contributed by atoms with Gasteiger partial charge in [0.15, 0.2) is 0 Å². The molecule has 7 nitrogen and oxygen atoms in total. The van der Waals surface area contributed by atoms with Gasteiger partial charge in [-0.05, 0) is 24.3 Å². The number of methoxy groups -OCH3 is 1. The highest BCUT2D eigenvalue weighted by atomic mass is 35.5. The molecule has 0 unspecified atom stereocenters. The van der Waals surface area contributed by atoms with E-state index in [4.69, 9.17) is 20.9 Å². The Morgan fingerprint density at radius 3 is 2.96 bits per heavy atom. The van der Waals surface area contributed by atoms with Crippen LogP contribution >= 0.6 is 11.6 Å². The lowest BCUT2D eigenvalue weighted by Crippen LogP contribution is -2.12. The Labute approximate surface area is 149 Å². The fraction of sp³-hybridized carbons (Fsp3) is 0.176. The number of hydrogen-bond donors (Lipinski definition) is 1. The summed E-state index contributed by atoms with van der Waals surface area (Å²) in [7, 11) is 1.55. The van der Waals surface area contributed by atoms with Crippen LogP contribution in [-0.4, -0.2) is 28.1 Å².